The molecule has 0 aromatic heterocycles. The Balaban J connectivity index is 1.65. The number of rotatable bonds is 8. The standard InChI is InChI=1S/C34H33NO3/c1-5-18-34(19-6-2)31-20-25(22(3)35-38-23(4)36)14-16-28(31)29-17-15-26(21-32(29)34)33(37)30-13-9-11-24-10-7-8-12-27(24)30/h7-17,20-21H,5-6,18-19H2,1-4H3/b35-22-. The van der Waals surface area contributed by atoms with E-state index in [0.717, 1.165) is 53.1 Å². The van der Waals surface area contributed by atoms with Crippen LogP contribution in [-0.4, -0.2) is 17.5 Å². The van der Waals surface area contributed by atoms with E-state index in [1.165, 1.54) is 29.2 Å². The molecule has 0 atom stereocenters. The van der Waals surface area contributed by atoms with Gasteiger partial charge < -0.3 is 4.84 Å². The maximum absolute atomic E-state index is 13.9. The number of carbonyl (C=O) groups excluding carboxylic acids is 2. The second-order valence-electron chi connectivity index (χ2n) is 10.2. The van der Waals surface area contributed by atoms with Crippen molar-refractivity contribution in [2.45, 2.75) is 58.8 Å². The molecule has 5 rings (SSSR count). The molecular weight excluding hydrogens is 470 g/mol. The van der Waals surface area contributed by atoms with E-state index in [9.17, 15) is 9.59 Å². The number of hydrogen-bond acceptors (Lipinski definition) is 4. The summed E-state index contributed by atoms with van der Waals surface area (Å²) in [7, 11) is 0. The number of ketones is 1. The first-order valence-electron chi connectivity index (χ1n) is 13.4. The number of hydrogen-bond donors (Lipinski definition) is 0. The third kappa shape index (κ3) is 4.34. The van der Waals surface area contributed by atoms with Gasteiger partial charge in [-0.15, -0.1) is 0 Å². The van der Waals surface area contributed by atoms with Gasteiger partial charge in [-0.3, -0.25) is 4.79 Å². The van der Waals surface area contributed by atoms with E-state index in [1.54, 1.807) is 0 Å². The summed E-state index contributed by atoms with van der Waals surface area (Å²) in [6.07, 6.45) is 4.00. The molecule has 0 aliphatic heterocycles. The first-order chi connectivity index (χ1) is 18.4. The first kappa shape index (κ1) is 25.6. The SMILES string of the molecule is CCCC1(CCC)c2cc(C(=O)c3cccc4ccccc34)ccc2-c2ccc(/C(C)=N\OC(C)=O)cc21. The van der Waals surface area contributed by atoms with Gasteiger partial charge in [0.1, 0.15) is 0 Å². The molecule has 4 aromatic rings. The van der Waals surface area contributed by atoms with Crippen LogP contribution in [0.4, 0.5) is 0 Å². The van der Waals surface area contributed by atoms with Crippen molar-refractivity contribution in [2.75, 3.05) is 0 Å². The quantitative estimate of drug-likeness (QED) is 0.105. The highest BCUT2D eigenvalue weighted by atomic mass is 16.7. The van der Waals surface area contributed by atoms with E-state index in [2.05, 4.69) is 43.3 Å². The first-order valence-corrected chi connectivity index (χ1v) is 13.4. The molecule has 0 fully saturated rings. The summed E-state index contributed by atoms with van der Waals surface area (Å²) < 4.78 is 0. The monoisotopic (exact) mass is 503 g/mol. The van der Waals surface area contributed by atoms with Crippen molar-refractivity contribution >= 4 is 28.2 Å². The molecule has 192 valence electrons. The Morgan fingerprint density at radius 1 is 0.763 bits per heavy atom. The molecule has 0 unspecified atom stereocenters. The van der Waals surface area contributed by atoms with Gasteiger partial charge in [0.15, 0.2) is 5.78 Å². The predicted molar refractivity (Wildman–Crippen MR) is 154 cm³/mol. The van der Waals surface area contributed by atoms with Crippen LogP contribution in [0.25, 0.3) is 21.9 Å². The fourth-order valence-electron chi connectivity index (χ4n) is 6.14. The molecule has 0 N–H and O–H groups in total. The topological polar surface area (TPSA) is 55.7 Å². The third-order valence-corrected chi connectivity index (χ3v) is 7.74. The van der Waals surface area contributed by atoms with Crippen molar-refractivity contribution in [3.05, 3.63) is 107 Å². The average Bonchev–Trinajstić information content (AvgIpc) is 3.19. The van der Waals surface area contributed by atoms with Crippen LogP contribution in [-0.2, 0) is 15.0 Å². The zero-order chi connectivity index (χ0) is 26.9. The average molecular weight is 504 g/mol. The maximum Gasteiger partial charge on any atom is 0.331 e. The third-order valence-electron chi connectivity index (χ3n) is 7.74. The molecule has 0 saturated heterocycles. The minimum atomic E-state index is -0.437. The highest BCUT2D eigenvalue weighted by Crippen LogP contribution is 2.54. The molecular formula is C34H33NO3. The lowest BCUT2D eigenvalue weighted by atomic mass is 9.71. The van der Waals surface area contributed by atoms with Crippen molar-refractivity contribution in [1.82, 2.24) is 0 Å². The lowest BCUT2D eigenvalue weighted by Crippen LogP contribution is -2.25. The van der Waals surface area contributed by atoms with Gasteiger partial charge in [-0.25, -0.2) is 4.79 Å². The Bertz CT molecular complexity index is 1570. The molecule has 4 heteroatoms. The molecule has 4 aromatic carbocycles. The Labute approximate surface area is 224 Å². The van der Waals surface area contributed by atoms with Gasteiger partial charge in [-0.1, -0.05) is 98.6 Å². The molecule has 0 radical (unpaired) electrons. The molecule has 0 amide bonds. The maximum atomic E-state index is 13.9. The van der Waals surface area contributed by atoms with Gasteiger partial charge in [-0.05, 0) is 70.5 Å². The molecule has 4 nitrogen and oxygen atoms in total. The fraction of sp³-hybridized carbons (Fsp3) is 0.265. The van der Waals surface area contributed by atoms with Crippen molar-refractivity contribution in [2.24, 2.45) is 5.16 Å². The lowest BCUT2D eigenvalue weighted by molar-refractivity contribution is -0.140. The molecule has 38 heavy (non-hydrogen) atoms. The van der Waals surface area contributed by atoms with Crippen LogP contribution in [0.2, 0.25) is 0 Å². The van der Waals surface area contributed by atoms with Gasteiger partial charge in [0.05, 0.1) is 5.71 Å². The summed E-state index contributed by atoms with van der Waals surface area (Å²) in [5.41, 5.74) is 7.74. The highest BCUT2D eigenvalue weighted by Gasteiger charge is 2.42. The van der Waals surface area contributed by atoms with Crippen LogP contribution in [0.1, 0.15) is 86.0 Å². The van der Waals surface area contributed by atoms with Crippen LogP contribution < -0.4 is 0 Å². The minimum absolute atomic E-state index is 0.0486. The van der Waals surface area contributed by atoms with E-state index >= 15 is 0 Å². The normalized spacial score (nSPS) is 13.7. The van der Waals surface area contributed by atoms with Crippen molar-refractivity contribution in [1.29, 1.82) is 0 Å². The molecule has 0 heterocycles. The zero-order valence-electron chi connectivity index (χ0n) is 22.5. The second-order valence-corrected chi connectivity index (χ2v) is 10.2. The van der Waals surface area contributed by atoms with Crippen LogP contribution in [0, 0.1) is 0 Å². The Morgan fingerprint density at radius 3 is 2.03 bits per heavy atom. The van der Waals surface area contributed by atoms with Crippen LogP contribution in [0.5, 0.6) is 0 Å². The Morgan fingerprint density at radius 2 is 1.37 bits per heavy atom. The summed E-state index contributed by atoms with van der Waals surface area (Å²) in [6, 6.07) is 26.6. The van der Waals surface area contributed by atoms with E-state index in [0.29, 0.717) is 5.71 Å². The fourth-order valence-corrected chi connectivity index (χ4v) is 6.14. The van der Waals surface area contributed by atoms with Gasteiger partial charge in [0.25, 0.3) is 0 Å². The van der Waals surface area contributed by atoms with E-state index in [4.69, 9.17) is 4.84 Å². The minimum Gasteiger partial charge on any atom is -0.318 e. The van der Waals surface area contributed by atoms with Gasteiger partial charge in [0, 0.05) is 23.5 Å². The molecule has 0 spiro atoms. The van der Waals surface area contributed by atoms with Gasteiger partial charge >= 0.3 is 5.97 Å². The van der Waals surface area contributed by atoms with E-state index in [-0.39, 0.29) is 11.2 Å². The predicted octanol–water partition coefficient (Wildman–Crippen LogP) is 8.22. The lowest BCUT2D eigenvalue weighted by Gasteiger charge is -2.32. The molecule has 1 aliphatic carbocycles. The number of fused-ring (bicyclic) bond motifs is 4. The number of oxime groups is 1. The Hall–Kier alpha value is -4.05. The molecule has 1 aliphatic rings. The zero-order valence-corrected chi connectivity index (χ0v) is 22.5. The number of benzene rings is 4. The van der Waals surface area contributed by atoms with Crippen LogP contribution in [0.15, 0.2) is 84.0 Å². The highest BCUT2D eigenvalue weighted by molar-refractivity contribution is 6.16. The second kappa shape index (κ2) is 10.4. The summed E-state index contributed by atoms with van der Waals surface area (Å²) in [5, 5.41) is 6.07. The van der Waals surface area contributed by atoms with Gasteiger partial charge in [-0.2, -0.15) is 0 Å². The van der Waals surface area contributed by atoms with E-state index in [1.807, 2.05) is 61.5 Å². The van der Waals surface area contributed by atoms with E-state index < -0.39 is 5.97 Å². The Kier molecular flexibility index (Phi) is 6.98. The van der Waals surface area contributed by atoms with Crippen LogP contribution >= 0.6 is 0 Å². The summed E-state index contributed by atoms with van der Waals surface area (Å²) in [6.45, 7) is 7.64. The molecule has 0 bridgehead atoms. The largest absolute Gasteiger partial charge is 0.331 e. The smallest absolute Gasteiger partial charge is 0.318 e. The summed E-state index contributed by atoms with van der Waals surface area (Å²) in [4.78, 5) is 30.1. The molecule has 0 saturated carbocycles. The van der Waals surface area contributed by atoms with Gasteiger partial charge in [0.2, 0.25) is 0 Å². The number of carbonyl (C=O) groups is 2. The van der Waals surface area contributed by atoms with Crippen molar-refractivity contribution < 1.29 is 14.4 Å². The van der Waals surface area contributed by atoms with Crippen LogP contribution in [0.3, 0.4) is 0 Å². The van der Waals surface area contributed by atoms with Crippen molar-refractivity contribution in [3.63, 3.8) is 0 Å². The number of nitrogens with zero attached hydrogens (tertiary/aromatic N) is 1. The summed E-state index contributed by atoms with van der Waals surface area (Å²) >= 11 is 0. The summed E-state index contributed by atoms with van der Waals surface area (Å²) in [5.74, 6) is -0.389. The van der Waals surface area contributed by atoms with Crippen molar-refractivity contribution in [3.8, 4) is 11.1 Å².